The molecule has 0 N–H and O–H groups in total. The molecule has 0 rings (SSSR count). The van der Waals surface area contributed by atoms with Crippen molar-refractivity contribution in [3.8, 4) is 0 Å². The van der Waals surface area contributed by atoms with Crippen LogP contribution < -0.4 is 29.6 Å². The first-order valence-electron chi connectivity index (χ1n) is 1.27. The van der Waals surface area contributed by atoms with Crippen LogP contribution in [0.5, 0.6) is 0 Å². The van der Waals surface area contributed by atoms with Gasteiger partial charge in [0.1, 0.15) is 6.29 Å². The van der Waals surface area contributed by atoms with Crippen LogP contribution in [0.1, 0.15) is 0 Å². The summed E-state index contributed by atoms with van der Waals surface area (Å²) >= 11 is -2.18. The van der Waals surface area contributed by atoms with E-state index in [0.29, 0.717) is 6.29 Å². The Labute approximate surface area is 66.1 Å². The molecule has 3 nitrogen and oxygen atoms in total. The van der Waals surface area contributed by atoms with E-state index in [0.717, 1.165) is 0 Å². The third-order valence-electron chi connectivity index (χ3n) is 0.204. The van der Waals surface area contributed by atoms with Gasteiger partial charge in [-0.15, -0.1) is 0 Å². The predicted octanol–water partition coefficient (Wildman–Crippen LogP) is -3.93. The maximum atomic E-state index is 9.37. The molecule has 0 aromatic heterocycles. The SMILES string of the molecule is O=CCS(=O)[O-].[Na+]. The van der Waals surface area contributed by atoms with Gasteiger partial charge in [0.25, 0.3) is 0 Å². The molecular weight excluding hydrogens is 127 g/mol. The molecule has 0 aliphatic carbocycles. The summed E-state index contributed by atoms with van der Waals surface area (Å²) in [4.78, 5) is 9.22. The van der Waals surface area contributed by atoms with E-state index in [1.54, 1.807) is 0 Å². The summed E-state index contributed by atoms with van der Waals surface area (Å²) in [6.07, 6.45) is 0.336. The normalized spacial score (nSPS) is 11.6. The number of rotatable bonds is 2. The topological polar surface area (TPSA) is 57.2 Å². The molecular formula is C2H3NaO3S. The van der Waals surface area contributed by atoms with Crippen molar-refractivity contribution in [1.29, 1.82) is 0 Å². The van der Waals surface area contributed by atoms with Crippen molar-refractivity contribution in [3.05, 3.63) is 0 Å². The minimum Gasteiger partial charge on any atom is -0.772 e. The fraction of sp³-hybridized carbons (Fsp3) is 0.500. The summed E-state index contributed by atoms with van der Waals surface area (Å²) in [6.45, 7) is 0. The molecule has 0 saturated heterocycles. The van der Waals surface area contributed by atoms with Gasteiger partial charge in [-0.3, -0.25) is 4.21 Å². The fourth-order valence-corrected chi connectivity index (χ4v) is 0.167. The second-order valence-corrected chi connectivity index (χ2v) is 1.58. The second kappa shape index (κ2) is 6.78. The molecule has 5 heteroatoms. The van der Waals surface area contributed by atoms with E-state index in [4.69, 9.17) is 0 Å². The molecule has 1 atom stereocenters. The van der Waals surface area contributed by atoms with Crippen molar-refractivity contribution < 1.29 is 43.1 Å². The first kappa shape index (κ1) is 10.7. The van der Waals surface area contributed by atoms with Crippen molar-refractivity contribution in [2.75, 3.05) is 5.75 Å². The van der Waals surface area contributed by atoms with Crippen molar-refractivity contribution >= 4 is 17.4 Å². The van der Waals surface area contributed by atoms with Crippen LogP contribution in [0.2, 0.25) is 0 Å². The van der Waals surface area contributed by atoms with Gasteiger partial charge in [-0.1, -0.05) is 0 Å². The Kier molecular flexibility index (Phi) is 10.4. The summed E-state index contributed by atoms with van der Waals surface area (Å²) < 4.78 is 18.7. The Morgan fingerprint density at radius 2 is 2.14 bits per heavy atom. The second-order valence-electron chi connectivity index (χ2n) is 0.637. The zero-order valence-corrected chi connectivity index (χ0v) is 6.73. The molecule has 0 radical (unpaired) electrons. The maximum absolute atomic E-state index is 9.37. The largest absolute Gasteiger partial charge is 1.00 e. The van der Waals surface area contributed by atoms with E-state index in [9.17, 15) is 13.6 Å². The minimum absolute atomic E-state index is 0. The van der Waals surface area contributed by atoms with Gasteiger partial charge in [0.15, 0.2) is 0 Å². The molecule has 0 spiro atoms. The number of hydrogen-bond acceptors (Lipinski definition) is 3. The van der Waals surface area contributed by atoms with Crippen LogP contribution in [-0.4, -0.2) is 20.8 Å². The van der Waals surface area contributed by atoms with E-state index >= 15 is 0 Å². The molecule has 36 valence electrons. The molecule has 0 saturated carbocycles. The molecule has 0 amide bonds. The molecule has 0 aliphatic heterocycles. The van der Waals surface area contributed by atoms with E-state index < -0.39 is 11.1 Å². The van der Waals surface area contributed by atoms with Crippen LogP contribution in [0, 0.1) is 0 Å². The van der Waals surface area contributed by atoms with Crippen LogP contribution in [0.3, 0.4) is 0 Å². The van der Waals surface area contributed by atoms with Gasteiger partial charge in [0.05, 0.1) is 5.75 Å². The predicted molar refractivity (Wildman–Crippen MR) is 19.9 cm³/mol. The third kappa shape index (κ3) is 10.8. The summed E-state index contributed by atoms with van der Waals surface area (Å²) in [6, 6.07) is 0. The van der Waals surface area contributed by atoms with Gasteiger partial charge < -0.3 is 9.35 Å². The smallest absolute Gasteiger partial charge is 0.772 e. The van der Waals surface area contributed by atoms with Crippen LogP contribution in [0.25, 0.3) is 0 Å². The van der Waals surface area contributed by atoms with Crippen LogP contribution in [0.15, 0.2) is 0 Å². The summed E-state index contributed by atoms with van der Waals surface area (Å²) in [5.41, 5.74) is 0. The molecule has 1 unspecified atom stereocenters. The molecule has 0 aromatic carbocycles. The molecule has 0 fully saturated rings. The third-order valence-corrected chi connectivity index (χ3v) is 0.612. The van der Waals surface area contributed by atoms with Crippen LogP contribution in [-0.2, 0) is 15.9 Å². The average molecular weight is 130 g/mol. The number of hydrogen-bond donors (Lipinski definition) is 0. The first-order valence-corrected chi connectivity index (χ1v) is 2.51. The van der Waals surface area contributed by atoms with E-state index in [2.05, 4.69) is 0 Å². The first-order chi connectivity index (χ1) is 2.77. The Morgan fingerprint density at radius 1 is 1.71 bits per heavy atom. The quantitative estimate of drug-likeness (QED) is 0.218. The Balaban J connectivity index is 0. The molecule has 7 heavy (non-hydrogen) atoms. The van der Waals surface area contributed by atoms with Gasteiger partial charge in [-0.25, -0.2) is 0 Å². The maximum Gasteiger partial charge on any atom is 1.00 e. The molecule has 0 heterocycles. The Hall–Kier alpha value is 0.780. The van der Waals surface area contributed by atoms with Gasteiger partial charge in [-0.05, 0) is 11.1 Å². The summed E-state index contributed by atoms with van der Waals surface area (Å²) in [7, 11) is 0. The van der Waals surface area contributed by atoms with Gasteiger partial charge in [-0.2, -0.15) is 0 Å². The summed E-state index contributed by atoms with van der Waals surface area (Å²) in [5, 5.41) is 0. The standard InChI is InChI=1S/C2H4O3S.Na/c3-1-2-6(4)5;/h1H,2H2,(H,4,5);/q;+1/p-1. The molecule has 0 aliphatic rings. The van der Waals surface area contributed by atoms with E-state index in [-0.39, 0.29) is 35.3 Å². The zero-order valence-electron chi connectivity index (χ0n) is 3.92. The Bertz CT molecular complexity index is 73.3. The van der Waals surface area contributed by atoms with Crippen molar-refractivity contribution in [1.82, 2.24) is 0 Å². The molecule has 0 bridgehead atoms. The number of carbonyl (C=O) groups excluding carboxylic acids is 1. The van der Waals surface area contributed by atoms with Crippen LogP contribution in [0.4, 0.5) is 0 Å². The number of carbonyl (C=O) groups is 1. The van der Waals surface area contributed by atoms with Crippen molar-refractivity contribution in [3.63, 3.8) is 0 Å². The minimum atomic E-state index is -2.18. The fourth-order valence-electron chi connectivity index (χ4n) is 0.0556. The Morgan fingerprint density at radius 3 is 2.14 bits per heavy atom. The summed E-state index contributed by atoms with van der Waals surface area (Å²) in [5.74, 6) is -0.389. The number of aldehydes is 1. The van der Waals surface area contributed by atoms with E-state index in [1.807, 2.05) is 0 Å². The van der Waals surface area contributed by atoms with Crippen LogP contribution >= 0.6 is 0 Å². The zero-order chi connectivity index (χ0) is 4.99. The van der Waals surface area contributed by atoms with Crippen molar-refractivity contribution in [2.24, 2.45) is 0 Å². The van der Waals surface area contributed by atoms with Gasteiger partial charge in [0, 0.05) is 0 Å². The van der Waals surface area contributed by atoms with Gasteiger partial charge >= 0.3 is 29.6 Å². The monoisotopic (exact) mass is 130 g/mol. The molecule has 0 aromatic rings. The average Bonchev–Trinajstić information content (AvgIpc) is 1.35. The van der Waals surface area contributed by atoms with Crippen molar-refractivity contribution in [2.45, 2.75) is 0 Å². The van der Waals surface area contributed by atoms with Gasteiger partial charge in [0.2, 0.25) is 0 Å². The van der Waals surface area contributed by atoms with E-state index in [1.165, 1.54) is 0 Å².